The zero-order chi connectivity index (χ0) is 15.2. The molecular formula is C17H18BrNO2. The highest BCUT2D eigenvalue weighted by molar-refractivity contribution is 9.10. The maximum atomic E-state index is 12.3. The molecule has 3 nitrogen and oxygen atoms in total. The Bertz CT molecular complexity index is 613. The molecule has 2 aromatic carbocycles. The summed E-state index contributed by atoms with van der Waals surface area (Å²) in [5, 5.41) is 2.99. The lowest BCUT2D eigenvalue weighted by Gasteiger charge is -2.15. The molecule has 0 radical (unpaired) electrons. The van der Waals surface area contributed by atoms with Gasteiger partial charge in [-0.2, -0.15) is 0 Å². The summed E-state index contributed by atoms with van der Waals surface area (Å²) in [5.41, 5.74) is 1.68. The first kappa shape index (κ1) is 15.6. The molecule has 0 aromatic heterocycles. The van der Waals surface area contributed by atoms with Crippen LogP contribution in [0.2, 0.25) is 0 Å². The highest BCUT2D eigenvalue weighted by atomic mass is 79.9. The monoisotopic (exact) mass is 347 g/mol. The van der Waals surface area contributed by atoms with Crippen molar-refractivity contribution in [1.82, 2.24) is 5.32 Å². The molecule has 0 saturated heterocycles. The lowest BCUT2D eigenvalue weighted by Crippen LogP contribution is -2.26. The minimum atomic E-state index is -0.102. The van der Waals surface area contributed by atoms with E-state index in [4.69, 9.17) is 4.74 Å². The van der Waals surface area contributed by atoms with Gasteiger partial charge in [-0.1, -0.05) is 30.3 Å². The van der Waals surface area contributed by atoms with E-state index in [1.807, 2.05) is 44.2 Å². The van der Waals surface area contributed by atoms with E-state index in [1.165, 1.54) is 0 Å². The van der Waals surface area contributed by atoms with Crippen LogP contribution in [0.4, 0.5) is 0 Å². The van der Waals surface area contributed by atoms with Gasteiger partial charge in [0, 0.05) is 5.56 Å². The molecule has 0 aliphatic heterocycles. The molecule has 1 amide bonds. The first-order valence-electron chi connectivity index (χ1n) is 6.90. The minimum Gasteiger partial charge on any atom is -0.493 e. The Morgan fingerprint density at radius 2 is 1.95 bits per heavy atom. The summed E-state index contributed by atoms with van der Waals surface area (Å²) in [6, 6.07) is 15.2. The van der Waals surface area contributed by atoms with E-state index in [2.05, 4.69) is 21.2 Å². The standard InChI is InChI=1S/C17H18BrNO2/c1-3-21-16-10-9-14(11-15(16)18)17(20)19-12(2)13-7-5-4-6-8-13/h4-12H,3H2,1-2H3,(H,19,20). The Hall–Kier alpha value is -1.81. The number of halogens is 1. The number of carbonyl (C=O) groups is 1. The average Bonchev–Trinajstić information content (AvgIpc) is 2.50. The van der Waals surface area contributed by atoms with Crippen molar-refractivity contribution in [2.75, 3.05) is 6.61 Å². The Labute approximate surface area is 133 Å². The molecule has 0 fully saturated rings. The predicted molar refractivity (Wildman–Crippen MR) is 87.6 cm³/mol. The fourth-order valence-corrected chi connectivity index (χ4v) is 2.51. The van der Waals surface area contributed by atoms with Crippen LogP contribution in [0.15, 0.2) is 53.0 Å². The van der Waals surface area contributed by atoms with Gasteiger partial charge >= 0.3 is 0 Å². The summed E-state index contributed by atoms with van der Waals surface area (Å²) >= 11 is 3.42. The van der Waals surface area contributed by atoms with E-state index >= 15 is 0 Å². The number of rotatable bonds is 5. The van der Waals surface area contributed by atoms with Crippen molar-refractivity contribution >= 4 is 21.8 Å². The Kier molecular flexibility index (Phi) is 5.39. The van der Waals surface area contributed by atoms with Gasteiger partial charge in [0.05, 0.1) is 17.1 Å². The second kappa shape index (κ2) is 7.27. The fraction of sp³-hybridized carbons (Fsp3) is 0.235. The molecule has 2 aromatic rings. The fourth-order valence-electron chi connectivity index (χ4n) is 2.02. The van der Waals surface area contributed by atoms with Gasteiger partial charge in [-0.3, -0.25) is 4.79 Å². The van der Waals surface area contributed by atoms with Crippen LogP contribution >= 0.6 is 15.9 Å². The van der Waals surface area contributed by atoms with Gasteiger partial charge in [0.15, 0.2) is 0 Å². The summed E-state index contributed by atoms with van der Waals surface area (Å²) in [7, 11) is 0. The van der Waals surface area contributed by atoms with E-state index in [-0.39, 0.29) is 11.9 Å². The Morgan fingerprint density at radius 1 is 1.24 bits per heavy atom. The topological polar surface area (TPSA) is 38.3 Å². The smallest absolute Gasteiger partial charge is 0.251 e. The van der Waals surface area contributed by atoms with Crippen molar-refractivity contribution in [2.24, 2.45) is 0 Å². The molecule has 4 heteroatoms. The van der Waals surface area contributed by atoms with Crippen molar-refractivity contribution < 1.29 is 9.53 Å². The zero-order valence-electron chi connectivity index (χ0n) is 12.1. The quantitative estimate of drug-likeness (QED) is 0.873. The Morgan fingerprint density at radius 3 is 2.57 bits per heavy atom. The molecule has 1 atom stereocenters. The zero-order valence-corrected chi connectivity index (χ0v) is 13.7. The lowest BCUT2D eigenvalue weighted by atomic mass is 10.1. The summed E-state index contributed by atoms with van der Waals surface area (Å²) < 4.78 is 6.23. The predicted octanol–water partition coefficient (Wildman–Crippen LogP) is 4.34. The second-order valence-corrected chi connectivity index (χ2v) is 5.54. The number of hydrogen-bond acceptors (Lipinski definition) is 2. The van der Waals surface area contributed by atoms with Gasteiger partial charge in [-0.05, 0) is 53.5 Å². The molecular weight excluding hydrogens is 330 g/mol. The van der Waals surface area contributed by atoms with E-state index in [9.17, 15) is 4.79 Å². The average molecular weight is 348 g/mol. The Balaban J connectivity index is 2.08. The third-order valence-electron chi connectivity index (χ3n) is 3.14. The normalized spacial score (nSPS) is 11.8. The molecule has 0 bridgehead atoms. The highest BCUT2D eigenvalue weighted by Gasteiger charge is 2.12. The largest absolute Gasteiger partial charge is 0.493 e. The molecule has 110 valence electrons. The van der Waals surface area contributed by atoms with Gasteiger partial charge in [-0.25, -0.2) is 0 Å². The van der Waals surface area contributed by atoms with Crippen LogP contribution in [-0.4, -0.2) is 12.5 Å². The van der Waals surface area contributed by atoms with Gasteiger partial charge in [0.1, 0.15) is 5.75 Å². The maximum absolute atomic E-state index is 12.3. The summed E-state index contributed by atoms with van der Waals surface area (Å²) in [4.78, 5) is 12.3. The van der Waals surface area contributed by atoms with Crippen LogP contribution in [0.3, 0.4) is 0 Å². The van der Waals surface area contributed by atoms with Crippen LogP contribution in [0.5, 0.6) is 5.75 Å². The first-order chi connectivity index (χ1) is 10.1. The SMILES string of the molecule is CCOc1ccc(C(=O)NC(C)c2ccccc2)cc1Br. The van der Waals surface area contributed by atoms with Gasteiger partial charge < -0.3 is 10.1 Å². The molecule has 0 aliphatic carbocycles. The molecule has 21 heavy (non-hydrogen) atoms. The van der Waals surface area contributed by atoms with Gasteiger partial charge in [0.2, 0.25) is 0 Å². The van der Waals surface area contributed by atoms with Crippen LogP contribution < -0.4 is 10.1 Å². The second-order valence-electron chi connectivity index (χ2n) is 4.68. The van der Waals surface area contributed by atoms with Crippen molar-refractivity contribution in [2.45, 2.75) is 19.9 Å². The summed E-state index contributed by atoms with van der Waals surface area (Å²) in [6.45, 7) is 4.49. The highest BCUT2D eigenvalue weighted by Crippen LogP contribution is 2.26. The van der Waals surface area contributed by atoms with Gasteiger partial charge in [0.25, 0.3) is 5.91 Å². The maximum Gasteiger partial charge on any atom is 0.251 e. The molecule has 2 rings (SSSR count). The molecule has 0 heterocycles. The number of benzene rings is 2. The molecule has 1 N–H and O–H groups in total. The number of nitrogens with one attached hydrogen (secondary N) is 1. The first-order valence-corrected chi connectivity index (χ1v) is 7.69. The number of ether oxygens (including phenoxy) is 1. The minimum absolute atomic E-state index is 0.0379. The van der Waals surface area contributed by atoms with Crippen molar-refractivity contribution in [3.8, 4) is 5.75 Å². The summed E-state index contributed by atoms with van der Waals surface area (Å²) in [6.07, 6.45) is 0. The van der Waals surface area contributed by atoms with E-state index in [0.717, 1.165) is 15.8 Å². The summed E-state index contributed by atoms with van der Waals surface area (Å²) in [5.74, 6) is 0.639. The molecule has 0 saturated carbocycles. The van der Waals surface area contributed by atoms with Crippen molar-refractivity contribution in [3.63, 3.8) is 0 Å². The van der Waals surface area contributed by atoms with Crippen molar-refractivity contribution in [1.29, 1.82) is 0 Å². The van der Waals surface area contributed by atoms with E-state index in [1.54, 1.807) is 18.2 Å². The third-order valence-corrected chi connectivity index (χ3v) is 3.76. The lowest BCUT2D eigenvalue weighted by molar-refractivity contribution is 0.0940. The van der Waals surface area contributed by atoms with Crippen LogP contribution in [0, 0.1) is 0 Å². The van der Waals surface area contributed by atoms with Crippen molar-refractivity contribution in [3.05, 3.63) is 64.1 Å². The van der Waals surface area contributed by atoms with Crippen LogP contribution in [0.1, 0.15) is 35.8 Å². The molecule has 0 aliphatic rings. The van der Waals surface area contributed by atoms with E-state index < -0.39 is 0 Å². The van der Waals surface area contributed by atoms with Crippen LogP contribution in [0.25, 0.3) is 0 Å². The number of hydrogen-bond donors (Lipinski definition) is 1. The van der Waals surface area contributed by atoms with Crippen LogP contribution in [-0.2, 0) is 0 Å². The number of carbonyl (C=O) groups excluding carboxylic acids is 1. The molecule has 0 spiro atoms. The third kappa shape index (κ3) is 4.08. The molecule has 1 unspecified atom stereocenters. The van der Waals surface area contributed by atoms with E-state index in [0.29, 0.717) is 12.2 Å². The number of amides is 1. The van der Waals surface area contributed by atoms with Gasteiger partial charge in [-0.15, -0.1) is 0 Å².